The van der Waals surface area contributed by atoms with E-state index >= 15 is 0 Å². The van der Waals surface area contributed by atoms with Crippen LogP contribution >= 0.6 is 0 Å². The number of nitrogens with two attached hydrogens (primary N) is 1. The number of hydrogen-bond acceptors (Lipinski definition) is 6. The van der Waals surface area contributed by atoms with E-state index in [-0.39, 0.29) is 5.91 Å². The van der Waals surface area contributed by atoms with Crippen LogP contribution in [0.5, 0.6) is 17.2 Å². The number of allylic oxidation sites excluding steroid dienone is 1. The lowest BCUT2D eigenvalue weighted by molar-refractivity contribution is -0.116. The van der Waals surface area contributed by atoms with Crippen LogP contribution in [0, 0.1) is 11.3 Å². The summed E-state index contributed by atoms with van der Waals surface area (Å²) < 4.78 is 16.4. The Morgan fingerprint density at radius 1 is 1.10 bits per heavy atom. The summed E-state index contributed by atoms with van der Waals surface area (Å²) in [5.41, 5.74) is 8.22. The molecule has 0 aliphatic heterocycles. The Morgan fingerprint density at radius 2 is 1.77 bits per heavy atom. The Labute approximate surface area is 177 Å². The maximum absolute atomic E-state index is 12.2. The minimum Gasteiger partial charge on any atom is -0.495 e. The number of carbonyl (C=O) groups excluding carboxylic acids is 1. The van der Waals surface area contributed by atoms with E-state index in [1.807, 2.05) is 25.1 Å². The maximum atomic E-state index is 12.2. The van der Waals surface area contributed by atoms with Gasteiger partial charge in [0.05, 0.1) is 32.6 Å². The molecule has 30 heavy (non-hydrogen) atoms. The van der Waals surface area contributed by atoms with Gasteiger partial charge in [0.2, 0.25) is 5.91 Å². The molecular weight excluding hydrogens is 382 g/mol. The highest BCUT2D eigenvalue weighted by atomic mass is 16.5. The van der Waals surface area contributed by atoms with Crippen molar-refractivity contribution >= 4 is 17.2 Å². The van der Waals surface area contributed by atoms with Crippen LogP contribution in [-0.2, 0) is 4.79 Å². The molecule has 0 aliphatic carbocycles. The van der Waals surface area contributed by atoms with E-state index in [9.17, 15) is 10.1 Å². The molecule has 3 N–H and O–H groups in total. The fourth-order valence-corrected chi connectivity index (χ4v) is 2.96. The number of benzene rings is 2. The third-order valence-corrected chi connectivity index (χ3v) is 4.38. The fourth-order valence-electron chi connectivity index (χ4n) is 2.96. The maximum Gasteiger partial charge on any atom is 0.224 e. The molecule has 0 bridgehead atoms. The van der Waals surface area contributed by atoms with Crippen LogP contribution < -0.4 is 25.3 Å². The van der Waals surface area contributed by atoms with Crippen molar-refractivity contribution in [3.63, 3.8) is 0 Å². The average molecular weight is 409 g/mol. The standard InChI is InChI=1S/C23H27N3O4/c1-4-30-22-15-17(8-10-21(22)29-3)18(11-13-25)16-7-9-20(28-2)19(14-16)26-23(27)6-5-12-24/h7-11,14-15H,4-6,12,24H2,1-3H3,(H,26,27)/b18-11+. The third kappa shape index (κ3) is 5.75. The summed E-state index contributed by atoms with van der Waals surface area (Å²) in [6.07, 6.45) is 2.37. The van der Waals surface area contributed by atoms with Gasteiger partial charge in [-0.25, -0.2) is 0 Å². The van der Waals surface area contributed by atoms with Gasteiger partial charge in [-0.1, -0.05) is 12.1 Å². The van der Waals surface area contributed by atoms with Crippen molar-refractivity contribution in [2.24, 2.45) is 5.73 Å². The minimum absolute atomic E-state index is 0.148. The second kappa shape index (κ2) is 11.5. The van der Waals surface area contributed by atoms with Crippen molar-refractivity contribution in [2.45, 2.75) is 19.8 Å². The van der Waals surface area contributed by atoms with Crippen molar-refractivity contribution in [3.8, 4) is 23.3 Å². The number of amides is 1. The highest BCUT2D eigenvalue weighted by Gasteiger charge is 2.14. The number of carbonyl (C=O) groups is 1. The van der Waals surface area contributed by atoms with Gasteiger partial charge in [0.1, 0.15) is 5.75 Å². The van der Waals surface area contributed by atoms with Gasteiger partial charge in [-0.2, -0.15) is 5.26 Å². The molecule has 0 aliphatic rings. The molecular formula is C23H27N3O4. The number of nitrogens with one attached hydrogen (secondary N) is 1. The number of nitriles is 1. The van der Waals surface area contributed by atoms with Gasteiger partial charge in [0.25, 0.3) is 0 Å². The zero-order valence-electron chi connectivity index (χ0n) is 17.5. The summed E-state index contributed by atoms with van der Waals surface area (Å²) in [4.78, 5) is 12.2. The molecule has 0 fully saturated rings. The zero-order chi connectivity index (χ0) is 21.9. The summed E-state index contributed by atoms with van der Waals surface area (Å²) in [6, 6.07) is 13.0. The number of rotatable bonds is 10. The molecule has 0 aromatic heterocycles. The molecule has 7 heteroatoms. The predicted molar refractivity (Wildman–Crippen MR) is 117 cm³/mol. The number of methoxy groups -OCH3 is 2. The first-order valence-corrected chi connectivity index (χ1v) is 9.67. The molecule has 0 saturated carbocycles. The molecule has 2 aromatic rings. The van der Waals surface area contributed by atoms with E-state index in [2.05, 4.69) is 11.4 Å². The van der Waals surface area contributed by atoms with E-state index in [1.54, 1.807) is 25.3 Å². The number of ether oxygens (including phenoxy) is 3. The number of anilines is 1. The zero-order valence-corrected chi connectivity index (χ0v) is 17.5. The summed E-state index contributed by atoms with van der Waals surface area (Å²) in [5, 5.41) is 12.2. The molecule has 2 aromatic carbocycles. The van der Waals surface area contributed by atoms with Crippen molar-refractivity contribution in [1.82, 2.24) is 0 Å². The largest absolute Gasteiger partial charge is 0.495 e. The molecule has 1 amide bonds. The summed E-state index contributed by atoms with van der Waals surface area (Å²) in [5.74, 6) is 1.58. The normalized spacial score (nSPS) is 10.8. The molecule has 0 unspecified atom stereocenters. The molecule has 0 atom stereocenters. The Hall–Kier alpha value is -3.50. The SMILES string of the molecule is CCOc1cc(/C(=C/C#N)c2ccc(OC)c(NC(=O)CCCN)c2)ccc1OC. The second-order valence-corrected chi connectivity index (χ2v) is 6.34. The van der Waals surface area contributed by atoms with Crippen LogP contribution in [0.2, 0.25) is 0 Å². The van der Waals surface area contributed by atoms with Gasteiger partial charge in [0.15, 0.2) is 11.5 Å². The smallest absolute Gasteiger partial charge is 0.224 e. The first kappa shape index (κ1) is 22.8. The van der Waals surface area contributed by atoms with Crippen LogP contribution in [0.15, 0.2) is 42.5 Å². The number of hydrogen-bond donors (Lipinski definition) is 2. The summed E-state index contributed by atoms with van der Waals surface area (Å²) in [6.45, 7) is 2.82. The minimum atomic E-state index is -0.148. The monoisotopic (exact) mass is 409 g/mol. The van der Waals surface area contributed by atoms with Crippen LogP contribution in [0.4, 0.5) is 5.69 Å². The van der Waals surface area contributed by atoms with E-state index in [0.717, 1.165) is 11.1 Å². The molecule has 158 valence electrons. The Morgan fingerprint density at radius 3 is 2.37 bits per heavy atom. The van der Waals surface area contributed by atoms with E-state index in [0.29, 0.717) is 54.5 Å². The fraction of sp³-hybridized carbons (Fsp3) is 0.304. The molecule has 2 rings (SSSR count). The van der Waals surface area contributed by atoms with E-state index in [4.69, 9.17) is 19.9 Å². The topological polar surface area (TPSA) is 107 Å². The Balaban J connectivity index is 2.47. The predicted octanol–water partition coefficient (Wildman–Crippen LogP) is 3.74. The molecule has 0 heterocycles. The van der Waals surface area contributed by atoms with Crippen molar-refractivity contribution in [3.05, 3.63) is 53.6 Å². The first-order valence-electron chi connectivity index (χ1n) is 9.67. The Bertz CT molecular complexity index is 948. The van der Waals surface area contributed by atoms with Crippen LogP contribution in [-0.4, -0.2) is 33.3 Å². The molecule has 0 saturated heterocycles. The van der Waals surface area contributed by atoms with Crippen molar-refractivity contribution in [1.29, 1.82) is 5.26 Å². The van der Waals surface area contributed by atoms with Crippen molar-refractivity contribution in [2.75, 3.05) is 32.7 Å². The summed E-state index contributed by atoms with van der Waals surface area (Å²) in [7, 11) is 3.11. The van der Waals surface area contributed by atoms with E-state index in [1.165, 1.54) is 13.2 Å². The lowest BCUT2D eigenvalue weighted by Gasteiger charge is -2.15. The quantitative estimate of drug-likeness (QED) is 0.579. The molecule has 0 spiro atoms. The lowest BCUT2D eigenvalue weighted by Crippen LogP contribution is -2.14. The van der Waals surface area contributed by atoms with Gasteiger partial charge < -0.3 is 25.3 Å². The highest BCUT2D eigenvalue weighted by molar-refractivity contribution is 5.94. The highest BCUT2D eigenvalue weighted by Crippen LogP contribution is 2.35. The Kier molecular flexibility index (Phi) is 8.73. The van der Waals surface area contributed by atoms with Gasteiger partial charge in [-0.3, -0.25) is 4.79 Å². The van der Waals surface area contributed by atoms with Gasteiger partial charge >= 0.3 is 0 Å². The van der Waals surface area contributed by atoms with Gasteiger partial charge in [-0.05, 0) is 60.9 Å². The molecule has 0 radical (unpaired) electrons. The van der Waals surface area contributed by atoms with Crippen molar-refractivity contribution < 1.29 is 19.0 Å². The van der Waals surface area contributed by atoms with Gasteiger partial charge in [0, 0.05) is 12.5 Å². The van der Waals surface area contributed by atoms with Gasteiger partial charge in [-0.15, -0.1) is 0 Å². The average Bonchev–Trinajstić information content (AvgIpc) is 2.76. The lowest BCUT2D eigenvalue weighted by atomic mass is 9.96. The third-order valence-electron chi connectivity index (χ3n) is 4.38. The van der Waals surface area contributed by atoms with Crippen LogP contribution in [0.1, 0.15) is 30.9 Å². The first-order chi connectivity index (χ1) is 14.6. The van der Waals surface area contributed by atoms with Crippen LogP contribution in [0.3, 0.4) is 0 Å². The molecule has 7 nitrogen and oxygen atoms in total. The van der Waals surface area contributed by atoms with Crippen LogP contribution in [0.25, 0.3) is 5.57 Å². The second-order valence-electron chi connectivity index (χ2n) is 6.34. The number of nitrogens with zero attached hydrogens (tertiary/aromatic N) is 1. The summed E-state index contributed by atoms with van der Waals surface area (Å²) >= 11 is 0. The van der Waals surface area contributed by atoms with E-state index < -0.39 is 0 Å².